The third-order valence-electron chi connectivity index (χ3n) is 3.75. The number of fused-ring (bicyclic) bond motifs is 1. The highest BCUT2D eigenvalue weighted by Crippen LogP contribution is 2.22. The molecule has 29 heavy (non-hydrogen) atoms. The lowest BCUT2D eigenvalue weighted by Crippen LogP contribution is -2.35. The molecule has 1 heterocycles. The van der Waals surface area contributed by atoms with E-state index in [1.54, 1.807) is 12.1 Å². The molecule has 0 aliphatic heterocycles. The van der Waals surface area contributed by atoms with Gasteiger partial charge < -0.3 is 9.73 Å². The molecule has 148 valence electrons. The van der Waals surface area contributed by atoms with Crippen LogP contribution in [0.4, 0.5) is 0 Å². The van der Waals surface area contributed by atoms with Gasteiger partial charge in [0.1, 0.15) is 11.8 Å². The molecule has 0 saturated heterocycles. The molecule has 0 unspecified atom stereocenters. The number of hydrogen-bond donors (Lipinski definition) is 2. The number of rotatable bonds is 5. The first-order valence-electron chi connectivity index (χ1n) is 8.11. The number of carbonyl (C=O) groups excluding carboxylic acids is 2. The molecule has 2 N–H and O–H groups in total. The minimum absolute atomic E-state index is 0.125. The Labute approximate surface area is 179 Å². The Morgan fingerprint density at radius 3 is 2.62 bits per heavy atom. The average molecular weight is 453 g/mol. The molecule has 0 spiro atoms. The van der Waals surface area contributed by atoms with Gasteiger partial charge in [0.2, 0.25) is 5.43 Å². The standard InChI is InChI=1S/C19H12Cl3N3O4/c20-12-2-4-16-13(6-12)18(27)11(9-29-16)7-24-25-17(26)8-23-19(28)10-1-3-14(21)15(22)5-10/h1-7,9H,8H2,(H,23,28)(H,25,26). The first kappa shape index (κ1) is 20.9. The maximum absolute atomic E-state index is 12.4. The van der Waals surface area contributed by atoms with Gasteiger partial charge in [0.25, 0.3) is 11.8 Å². The largest absolute Gasteiger partial charge is 0.463 e. The van der Waals surface area contributed by atoms with Crippen LogP contribution < -0.4 is 16.2 Å². The van der Waals surface area contributed by atoms with E-state index in [0.717, 1.165) is 6.21 Å². The van der Waals surface area contributed by atoms with Crippen LogP contribution in [0.2, 0.25) is 15.1 Å². The summed E-state index contributed by atoms with van der Waals surface area (Å²) in [6, 6.07) is 9.01. The second kappa shape index (κ2) is 9.09. The second-order valence-corrected chi connectivity index (χ2v) is 7.02. The summed E-state index contributed by atoms with van der Waals surface area (Å²) in [6.45, 7) is -0.335. The van der Waals surface area contributed by atoms with Gasteiger partial charge in [0, 0.05) is 10.6 Å². The number of nitrogens with zero attached hydrogens (tertiary/aromatic N) is 1. The minimum atomic E-state index is -0.595. The van der Waals surface area contributed by atoms with Gasteiger partial charge in [-0.25, -0.2) is 5.43 Å². The van der Waals surface area contributed by atoms with Gasteiger partial charge >= 0.3 is 0 Å². The van der Waals surface area contributed by atoms with Crippen molar-refractivity contribution < 1.29 is 14.0 Å². The van der Waals surface area contributed by atoms with Gasteiger partial charge in [-0.15, -0.1) is 0 Å². The molecule has 3 rings (SSSR count). The summed E-state index contributed by atoms with van der Waals surface area (Å²) in [4.78, 5) is 36.2. The summed E-state index contributed by atoms with van der Waals surface area (Å²) in [5, 5.41) is 7.34. The lowest BCUT2D eigenvalue weighted by molar-refractivity contribution is -0.120. The van der Waals surface area contributed by atoms with E-state index in [1.807, 2.05) is 0 Å². The number of amides is 2. The minimum Gasteiger partial charge on any atom is -0.463 e. The zero-order chi connectivity index (χ0) is 21.0. The smallest absolute Gasteiger partial charge is 0.259 e. The normalized spacial score (nSPS) is 11.0. The highest BCUT2D eigenvalue weighted by molar-refractivity contribution is 6.42. The van der Waals surface area contributed by atoms with Crippen LogP contribution >= 0.6 is 34.8 Å². The van der Waals surface area contributed by atoms with Crippen LogP contribution in [-0.4, -0.2) is 24.6 Å². The van der Waals surface area contributed by atoms with Gasteiger partial charge in [-0.1, -0.05) is 34.8 Å². The molecule has 0 saturated carbocycles. The van der Waals surface area contributed by atoms with E-state index in [1.165, 1.54) is 30.5 Å². The number of carbonyl (C=O) groups is 2. The zero-order valence-electron chi connectivity index (χ0n) is 14.5. The second-order valence-electron chi connectivity index (χ2n) is 5.77. The summed E-state index contributed by atoms with van der Waals surface area (Å²) in [5.41, 5.74) is 2.62. The van der Waals surface area contributed by atoms with Crippen molar-refractivity contribution in [2.45, 2.75) is 0 Å². The van der Waals surface area contributed by atoms with Crippen LogP contribution in [-0.2, 0) is 4.79 Å². The van der Waals surface area contributed by atoms with E-state index in [-0.39, 0.29) is 28.1 Å². The number of nitrogens with one attached hydrogen (secondary N) is 2. The van der Waals surface area contributed by atoms with Gasteiger partial charge in [-0.05, 0) is 36.4 Å². The molecule has 0 bridgehead atoms. The monoisotopic (exact) mass is 451 g/mol. The molecule has 0 radical (unpaired) electrons. The number of benzene rings is 2. The van der Waals surface area contributed by atoms with E-state index in [0.29, 0.717) is 21.0 Å². The molecule has 2 amide bonds. The fourth-order valence-electron chi connectivity index (χ4n) is 2.32. The Hall–Kier alpha value is -2.87. The molecular formula is C19H12Cl3N3O4. The molecule has 1 aromatic heterocycles. The van der Waals surface area contributed by atoms with Crippen molar-refractivity contribution in [3.05, 3.63) is 79.1 Å². The summed E-state index contributed by atoms with van der Waals surface area (Å²) < 4.78 is 5.34. The molecule has 0 aliphatic rings. The Kier molecular flexibility index (Phi) is 6.53. The third kappa shape index (κ3) is 5.14. The van der Waals surface area contributed by atoms with Crippen LogP contribution in [0.3, 0.4) is 0 Å². The van der Waals surface area contributed by atoms with Crippen molar-refractivity contribution in [2.75, 3.05) is 6.54 Å². The zero-order valence-corrected chi connectivity index (χ0v) is 16.8. The van der Waals surface area contributed by atoms with E-state index < -0.39 is 11.8 Å². The maximum Gasteiger partial charge on any atom is 0.259 e. The van der Waals surface area contributed by atoms with E-state index in [4.69, 9.17) is 39.2 Å². The molecule has 0 fully saturated rings. The fraction of sp³-hybridized carbons (Fsp3) is 0.0526. The van der Waals surface area contributed by atoms with Crippen molar-refractivity contribution in [3.8, 4) is 0 Å². The Balaban J connectivity index is 1.59. The van der Waals surface area contributed by atoms with Crippen molar-refractivity contribution in [1.29, 1.82) is 0 Å². The molecule has 3 aromatic rings. The summed E-state index contributed by atoms with van der Waals surface area (Å²) >= 11 is 17.5. The summed E-state index contributed by atoms with van der Waals surface area (Å²) in [5.74, 6) is -1.10. The number of halogens is 3. The van der Waals surface area contributed by atoms with E-state index in [2.05, 4.69) is 15.8 Å². The van der Waals surface area contributed by atoms with Crippen molar-refractivity contribution in [2.24, 2.45) is 5.10 Å². The van der Waals surface area contributed by atoms with Gasteiger partial charge in [0.05, 0.1) is 33.8 Å². The molecule has 10 heteroatoms. The SMILES string of the molecule is O=C(CNC(=O)c1ccc(Cl)c(Cl)c1)NN=Cc1coc2ccc(Cl)cc2c1=O. The molecule has 0 aliphatic carbocycles. The van der Waals surface area contributed by atoms with E-state index in [9.17, 15) is 14.4 Å². The lowest BCUT2D eigenvalue weighted by atomic mass is 10.2. The van der Waals surface area contributed by atoms with Crippen molar-refractivity contribution in [1.82, 2.24) is 10.7 Å². The summed E-state index contributed by atoms with van der Waals surface area (Å²) in [7, 11) is 0. The predicted molar refractivity (Wildman–Crippen MR) is 112 cm³/mol. The van der Waals surface area contributed by atoms with Crippen LogP contribution in [0, 0.1) is 0 Å². The van der Waals surface area contributed by atoms with Gasteiger partial charge in [0.15, 0.2) is 0 Å². The molecular weight excluding hydrogens is 441 g/mol. The fourth-order valence-corrected chi connectivity index (χ4v) is 2.79. The molecule has 2 aromatic carbocycles. The Morgan fingerprint density at radius 2 is 1.86 bits per heavy atom. The lowest BCUT2D eigenvalue weighted by Gasteiger charge is -2.05. The third-order valence-corrected chi connectivity index (χ3v) is 4.72. The van der Waals surface area contributed by atoms with Crippen LogP contribution in [0.1, 0.15) is 15.9 Å². The Morgan fingerprint density at radius 1 is 1.07 bits per heavy atom. The highest BCUT2D eigenvalue weighted by Gasteiger charge is 2.10. The average Bonchev–Trinajstić information content (AvgIpc) is 2.70. The van der Waals surface area contributed by atoms with Crippen molar-refractivity contribution in [3.63, 3.8) is 0 Å². The predicted octanol–water partition coefficient (Wildman–Crippen LogP) is 3.63. The highest BCUT2D eigenvalue weighted by atomic mass is 35.5. The van der Waals surface area contributed by atoms with Gasteiger partial charge in [-0.2, -0.15) is 5.10 Å². The van der Waals surface area contributed by atoms with Crippen LogP contribution in [0.5, 0.6) is 0 Å². The first-order chi connectivity index (χ1) is 13.8. The van der Waals surface area contributed by atoms with Gasteiger partial charge in [-0.3, -0.25) is 14.4 Å². The van der Waals surface area contributed by atoms with E-state index >= 15 is 0 Å². The Bertz CT molecular complexity index is 1190. The number of hydrogen-bond acceptors (Lipinski definition) is 5. The topological polar surface area (TPSA) is 101 Å². The first-order valence-corrected chi connectivity index (χ1v) is 9.25. The van der Waals surface area contributed by atoms with Crippen LogP contribution in [0.15, 0.2) is 57.0 Å². The van der Waals surface area contributed by atoms with Crippen LogP contribution in [0.25, 0.3) is 11.0 Å². The quantitative estimate of drug-likeness (QED) is 0.456. The van der Waals surface area contributed by atoms with Crippen molar-refractivity contribution >= 4 is 63.8 Å². The summed E-state index contributed by atoms with van der Waals surface area (Å²) in [6.07, 6.45) is 2.37. The number of hydrazone groups is 1. The maximum atomic E-state index is 12.4. The molecule has 0 atom stereocenters. The molecule has 7 nitrogen and oxygen atoms in total.